The van der Waals surface area contributed by atoms with Crippen molar-refractivity contribution in [2.45, 2.75) is 45.4 Å². The number of rotatable bonds is 2. The Labute approximate surface area is 144 Å². The van der Waals surface area contributed by atoms with Crippen LogP contribution < -0.4 is 0 Å². The minimum atomic E-state index is -0.724. The van der Waals surface area contributed by atoms with Crippen molar-refractivity contribution in [3.63, 3.8) is 0 Å². The van der Waals surface area contributed by atoms with E-state index in [-0.39, 0.29) is 39.4 Å². The van der Waals surface area contributed by atoms with E-state index in [9.17, 15) is 19.8 Å². The van der Waals surface area contributed by atoms with E-state index in [2.05, 4.69) is 6.92 Å². The van der Waals surface area contributed by atoms with Crippen molar-refractivity contribution < 1.29 is 24.2 Å². The average Bonchev–Trinajstić information content (AvgIpc) is 2.96. The van der Waals surface area contributed by atoms with Crippen molar-refractivity contribution in [2.75, 3.05) is 0 Å². The zero-order chi connectivity index (χ0) is 17.8. The Balaban J connectivity index is 1.86. The summed E-state index contributed by atoms with van der Waals surface area (Å²) in [5.74, 6) is -1.70. The lowest BCUT2D eigenvalue weighted by Gasteiger charge is -2.34. The molecule has 1 aromatic heterocycles. The highest BCUT2D eigenvalue weighted by atomic mass is 16.4. The van der Waals surface area contributed by atoms with E-state index in [1.807, 2.05) is 0 Å². The van der Waals surface area contributed by atoms with Gasteiger partial charge in [-0.2, -0.15) is 0 Å². The molecule has 130 valence electrons. The van der Waals surface area contributed by atoms with Crippen LogP contribution in [0.5, 0.6) is 5.75 Å². The van der Waals surface area contributed by atoms with E-state index in [1.165, 1.54) is 18.6 Å². The van der Waals surface area contributed by atoms with E-state index < -0.39 is 11.6 Å². The molecule has 5 nitrogen and oxygen atoms in total. The van der Waals surface area contributed by atoms with E-state index in [0.29, 0.717) is 11.8 Å². The number of allylic oxidation sites excluding steroid dienone is 1. The summed E-state index contributed by atoms with van der Waals surface area (Å²) >= 11 is 0. The summed E-state index contributed by atoms with van der Waals surface area (Å²) in [5.41, 5.74) is 0.668. The number of hydrogen-bond acceptors (Lipinski definition) is 5. The number of phenolic OH excluding ortho intramolecular Hbond substituents is 1. The highest BCUT2D eigenvalue weighted by molar-refractivity contribution is 6.52. The molecule has 0 radical (unpaired) electrons. The van der Waals surface area contributed by atoms with E-state index >= 15 is 0 Å². The summed E-state index contributed by atoms with van der Waals surface area (Å²) in [6.07, 6.45) is 5.76. The zero-order valence-corrected chi connectivity index (χ0v) is 14.1. The van der Waals surface area contributed by atoms with Crippen LogP contribution in [0, 0.1) is 5.41 Å². The van der Waals surface area contributed by atoms with Crippen molar-refractivity contribution >= 4 is 28.3 Å². The Kier molecular flexibility index (Phi) is 3.49. The van der Waals surface area contributed by atoms with Crippen molar-refractivity contribution in [3.05, 3.63) is 35.1 Å². The molecule has 0 amide bonds. The Bertz CT molecular complexity index is 925. The number of hydrogen-bond donors (Lipinski definition) is 2. The molecule has 0 unspecified atom stereocenters. The third kappa shape index (κ3) is 2.46. The molecule has 1 aromatic carbocycles. The Morgan fingerprint density at radius 1 is 1.08 bits per heavy atom. The maximum atomic E-state index is 12.6. The van der Waals surface area contributed by atoms with Crippen LogP contribution in [0.2, 0.25) is 0 Å². The normalized spacial score (nSPS) is 20.2. The van der Waals surface area contributed by atoms with Gasteiger partial charge in [-0.25, -0.2) is 0 Å². The first-order valence-corrected chi connectivity index (χ1v) is 8.67. The van der Waals surface area contributed by atoms with Gasteiger partial charge >= 0.3 is 0 Å². The topological polar surface area (TPSA) is 87.7 Å². The van der Waals surface area contributed by atoms with Crippen LogP contribution in [0.1, 0.15) is 61.6 Å². The molecule has 0 spiro atoms. The summed E-state index contributed by atoms with van der Waals surface area (Å²) < 4.78 is 5.46. The number of phenols is 1. The molecule has 0 bridgehead atoms. The van der Waals surface area contributed by atoms with Crippen LogP contribution in [0.25, 0.3) is 16.7 Å². The number of aliphatic hydroxyl groups excluding tert-OH is 1. The smallest absolute Gasteiger partial charge is 0.269 e. The molecular formula is C20H20O5. The molecule has 25 heavy (non-hydrogen) atoms. The summed E-state index contributed by atoms with van der Waals surface area (Å²) in [5, 5.41) is 20.9. The first-order chi connectivity index (χ1) is 11.9. The second-order valence-electron chi connectivity index (χ2n) is 7.52. The molecule has 1 heterocycles. The molecule has 0 atom stereocenters. The molecule has 2 aliphatic carbocycles. The molecule has 4 rings (SSSR count). The molecule has 1 saturated carbocycles. The van der Waals surface area contributed by atoms with Gasteiger partial charge in [0, 0.05) is 17.0 Å². The van der Waals surface area contributed by atoms with Crippen molar-refractivity contribution in [2.24, 2.45) is 5.41 Å². The van der Waals surface area contributed by atoms with E-state index in [1.54, 1.807) is 6.07 Å². The number of carbonyl (C=O) groups is 2. The molecule has 0 saturated heterocycles. The van der Waals surface area contributed by atoms with Crippen molar-refractivity contribution in [1.29, 1.82) is 0 Å². The lowest BCUT2D eigenvalue weighted by Crippen LogP contribution is -2.29. The quantitative estimate of drug-likeness (QED) is 0.784. The Morgan fingerprint density at radius 2 is 1.80 bits per heavy atom. The summed E-state index contributed by atoms with van der Waals surface area (Å²) in [6.45, 7) is 2.12. The SMILES string of the molecule is CC1(CC2=C(O)c3c(oc4cc(O)ccc34)C(=O)C2=O)CCCCC1. The minimum absolute atomic E-state index is 0.00391. The third-order valence-electron chi connectivity index (χ3n) is 5.55. The summed E-state index contributed by atoms with van der Waals surface area (Å²) in [4.78, 5) is 25.1. The van der Waals surface area contributed by atoms with Gasteiger partial charge < -0.3 is 14.6 Å². The van der Waals surface area contributed by atoms with Gasteiger partial charge in [-0.15, -0.1) is 0 Å². The lowest BCUT2D eigenvalue weighted by atomic mass is 9.70. The number of benzene rings is 1. The van der Waals surface area contributed by atoms with Gasteiger partial charge in [0.25, 0.3) is 5.78 Å². The Hall–Kier alpha value is -2.56. The number of furan rings is 1. The molecule has 2 aromatic rings. The monoisotopic (exact) mass is 340 g/mol. The van der Waals surface area contributed by atoms with Crippen LogP contribution >= 0.6 is 0 Å². The maximum Gasteiger partial charge on any atom is 0.269 e. The zero-order valence-electron chi connectivity index (χ0n) is 14.1. The van der Waals surface area contributed by atoms with Gasteiger partial charge in [-0.05, 0) is 36.8 Å². The Morgan fingerprint density at radius 3 is 2.52 bits per heavy atom. The molecule has 1 fully saturated rings. The van der Waals surface area contributed by atoms with E-state index in [4.69, 9.17) is 4.42 Å². The van der Waals surface area contributed by atoms with Crippen LogP contribution in [0.4, 0.5) is 0 Å². The molecule has 2 aliphatic rings. The van der Waals surface area contributed by atoms with Crippen LogP contribution in [0.3, 0.4) is 0 Å². The second kappa shape index (κ2) is 5.48. The van der Waals surface area contributed by atoms with Crippen molar-refractivity contribution in [3.8, 4) is 5.75 Å². The van der Waals surface area contributed by atoms with Gasteiger partial charge in [0.05, 0.1) is 5.56 Å². The number of carbonyl (C=O) groups excluding carboxylic acids is 2. The van der Waals surface area contributed by atoms with E-state index in [0.717, 1.165) is 25.7 Å². The fourth-order valence-electron chi connectivity index (χ4n) is 4.15. The van der Waals surface area contributed by atoms with Crippen LogP contribution in [-0.4, -0.2) is 21.8 Å². The average molecular weight is 340 g/mol. The van der Waals surface area contributed by atoms with Gasteiger partial charge in [-0.3, -0.25) is 9.59 Å². The first-order valence-electron chi connectivity index (χ1n) is 8.67. The standard InChI is InChI=1S/C20H20O5/c1-20(7-3-2-4-8-20)10-13-16(22)15-12-6-5-11(21)9-14(12)25-19(15)18(24)17(13)23/h5-6,9,21-22H,2-4,7-8,10H2,1H3. The number of ketones is 2. The number of aliphatic hydroxyl groups is 1. The van der Waals surface area contributed by atoms with Gasteiger partial charge in [-0.1, -0.05) is 26.2 Å². The first kappa shape index (κ1) is 15.9. The molecule has 2 N–H and O–H groups in total. The number of fused-ring (bicyclic) bond motifs is 3. The van der Waals surface area contributed by atoms with Crippen molar-refractivity contribution in [1.82, 2.24) is 0 Å². The van der Waals surface area contributed by atoms with Crippen LogP contribution in [0.15, 0.2) is 28.2 Å². The molecular weight excluding hydrogens is 320 g/mol. The summed E-state index contributed by atoms with van der Waals surface area (Å²) in [6, 6.07) is 4.43. The predicted octanol–water partition coefficient (Wildman–Crippen LogP) is 4.53. The molecule has 0 aliphatic heterocycles. The fraction of sp³-hybridized carbons (Fsp3) is 0.400. The highest BCUT2D eigenvalue weighted by Gasteiger charge is 2.40. The third-order valence-corrected chi connectivity index (χ3v) is 5.55. The lowest BCUT2D eigenvalue weighted by molar-refractivity contribution is -0.112. The van der Waals surface area contributed by atoms with Crippen LogP contribution in [-0.2, 0) is 4.79 Å². The minimum Gasteiger partial charge on any atom is -0.508 e. The van der Waals surface area contributed by atoms with Gasteiger partial charge in [0.15, 0.2) is 5.76 Å². The predicted molar refractivity (Wildman–Crippen MR) is 92.6 cm³/mol. The summed E-state index contributed by atoms with van der Waals surface area (Å²) in [7, 11) is 0. The highest BCUT2D eigenvalue weighted by Crippen LogP contribution is 2.45. The second-order valence-corrected chi connectivity index (χ2v) is 7.52. The number of aromatic hydroxyl groups is 1. The largest absolute Gasteiger partial charge is 0.508 e. The fourth-order valence-corrected chi connectivity index (χ4v) is 4.15. The maximum absolute atomic E-state index is 12.6. The number of Topliss-reactive ketones (excluding diaryl/α,β-unsaturated/α-hetero) is 2. The molecule has 5 heteroatoms. The van der Waals surface area contributed by atoms with Gasteiger partial charge in [0.1, 0.15) is 17.1 Å². The van der Waals surface area contributed by atoms with Gasteiger partial charge in [0.2, 0.25) is 5.78 Å².